The minimum absolute atomic E-state index is 0.218. The van der Waals surface area contributed by atoms with Crippen LogP contribution in [0.2, 0.25) is 0 Å². The van der Waals surface area contributed by atoms with E-state index in [0.29, 0.717) is 18.2 Å². The lowest BCUT2D eigenvalue weighted by atomic mass is 9.94. The maximum absolute atomic E-state index is 12.9. The maximum Gasteiger partial charge on any atom is 0.328 e. The first-order chi connectivity index (χ1) is 8.99. The molecule has 1 heterocycles. The highest BCUT2D eigenvalue weighted by molar-refractivity contribution is 6.16. The molecule has 1 atom stereocenters. The molecular formula is C14H17FN2O2. The summed E-state index contributed by atoms with van der Waals surface area (Å²) in [5.74, 6) is -0.460. The number of nitrogens with zero attached hydrogens (tertiary/aromatic N) is 1. The number of urea groups is 1. The maximum atomic E-state index is 12.9. The normalized spacial score (nSPS) is 19.8. The van der Waals surface area contributed by atoms with Crippen LogP contribution < -0.4 is 10.2 Å². The van der Waals surface area contributed by atoms with Gasteiger partial charge in [-0.1, -0.05) is 13.8 Å². The quantitative estimate of drug-likeness (QED) is 0.912. The average molecular weight is 264 g/mol. The van der Waals surface area contributed by atoms with Gasteiger partial charge in [-0.15, -0.1) is 0 Å². The summed E-state index contributed by atoms with van der Waals surface area (Å²) >= 11 is 0. The van der Waals surface area contributed by atoms with Crippen molar-refractivity contribution >= 4 is 17.6 Å². The van der Waals surface area contributed by atoms with Crippen LogP contribution in [0.4, 0.5) is 14.9 Å². The van der Waals surface area contributed by atoms with Crippen LogP contribution in [0.3, 0.4) is 0 Å². The highest BCUT2D eigenvalue weighted by Gasteiger charge is 2.35. The van der Waals surface area contributed by atoms with Gasteiger partial charge in [-0.3, -0.25) is 4.79 Å². The molecule has 1 N–H and O–H groups in total. The molecular weight excluding hydrogens is 247 g/mol. The van der Waals surface area contributed by atoms with Crippen molar-refractivity contribution in [3.05, 3.63) is 30.1 Å². The van der Waals surface area contributed by atoms with Gasteiger partial charge in [0, 0.05) is 6.54 Å². The zero-order valence-corrected chi connectivity index (χ0v) is 11.0. The van der Waals surface area contributed by atoms with Gasteiger partial charge in [-0.25, -0.2) is 14.1 Å². The van der Waals surface area contributed by atoms with Gasteiger partial charge < -0.3 is 5.32 Å². The number of rotatable bonds is 3. The Labute approximate surface area is 111 Å². The number of imide groups is 1. The van der Waals surface area contributed by atoms with Gasteiger partial charge in [0.2, 0.25) is 5.91 Å². The summed E-state index contributed by atoms with van der Waals surface area (Å²) in [6.07, 6.45) is 0.719. The third kappa shape index (κ3) is 2.92. The second kappa shape index (κ2) is 5.38. The molecule has 1 aliphatic rings. The Balaban J connectivity index is 2.24. The molecule has 5 heteroatoms. The number of amides is 3. The second-order valence-electron chi connectivity index (χ2n) is 5.16. The summed E-state index contributed by atoms with van der Waals surface area (Å²) in [5.41, 5.74) is 0.400. The van der Waals surface area contributed by atoms with E-state index in [1.807, 2.05) is 13.8 Å². The molecule has 2 rings (SSSR count). The predicted molar refractivity (Wildman–Crippen MR) is 70.2 cm³/mol. The monoisotopic (exact) mass is 264 g/mol. The summed E-state index contributed by atoms with van der Waals surface area (Å²) in [5, 5.41) is 2.70. The molecule has 0 spiro atoms. The number of carbonyl (C=O) groups excluding carboxylic acids is 2. The van der Waals surface area contributed by atoms with Gasteiger partial charge in [-0.2, -0.15) is 0 Å². The molecule has 102 valence electrons. The number of halogens is 1. The van der Waals surface area contributed by atoms with E-state index < -0.39 is 11.8 Å². The summed E-state index contributed by atoms with van der Waals surface area (Å²) in [7, 11) is 0. The minimum Gasteiger partial charge on any atom is -0.337 e. The Kier molecular flexibility index (Phi) is 3.83. The van der Waals surface area contributed by atoms with E-state index in [9.17, 15) is 14.0 Å². The third-order valence-electron chi connectivity index (χ3n) is 3.11. The minimum atomic E-state index is -0.448. The first-order valence-electron chi connectivity index (χ1n) is 6.36. The fraction of sp³-hybridized carbons (Fsp3) is 0.429. The van der Waals surface area contributed by atoms with Crippen LogP contribution in [0.5, 0.6) is 0 Å². The van der Waals surface area contributed by atoms with E-state index in [-0.39, 0.29) is 11.8 Å². The molecule has 19 heavy (non-hydrogen) atoms. The van der Waals surface area contributed by atoms with Crippen molar-refractivity contribution in [1.82, 2.24) is 5.32 Å². The molecule has 3 amide bonds. The summed E-state index contributed by atoms with van der Waals surface area (Å²) in [6, 6.07) is 4.90. The Morgan fingerprint density at radius 2 is 1.95 bits per heavy atom. The fourth-order valence-corrected chi connectivity index (χ4v) is 2.25. The van der Waals surface area contributed by atoms with Crippen LogP contribution >= 0.6 is 0 Å². The van der Waals surface area contributed by atoms with Crippen LogP contribution in [0.15, 0.2) is 24.3 Å². The van der Waals surface area contributed by atoms with Gasteiger partial charge in [-0.05, 0) is 36.6 Å². The van der Waals surface area contributed by atoms with E-state index in [4.69, 9.17) is 0 Å². The summed E-state index contributed by atoms with van der Waals surface area (Å²) < 4.78 is 12.9. The number of benzene rings is 1. The fourth-order valence-electron chi connectivity index (χ4n) is 2.25. The van der Waals surface area contributed by atoms with Gasteiger partial charge in [0.05, 0.1) is 11.6 Å². The van der Waals surface area contributed by atoms with Crippen molar-refractivity contribution < 1.29 is 14.0 Å². The third-order valence-corrected chi connectivity index (χ3v) is 3.11. The molecule has 0 radical (unpaired) electrons. The molecule has 0 bridgehead atoms. The van der Waals surface area contributed by atoms with E-state index in [2.05, 4.69) is 5.32 Å². The van der Waals surface area contributed by atoms with Crippen molar-refractivity contribution in [3.63, 3.8) is 0 Å². The summed E-state index contributed by atoms with van der Waals surface area (Å²) in [6.45, 7) is 4.44. The zero-order chi connectivity index (χ0) is 14.0. The lowest BCUT2D eigenvalue weighted by Gasteiger charge is -2.32. The van der Waals surface area contributed by atoms with E-state index in [1.54, 1.807) is 0 Å². The summed E-state index contributed by atoms with van der Waals surface area (Å²) in [4.78, 5) is 25.2. The molecule has 0 saturated carbocycles. The Morgan fingerprint density at radius 1 is 1.32 bits per heavy atom. The lowest BCUT2D eigenvalue weighted by molar-refractivity contribution is -0.122. The number of hydrogen-bond donors (Lipinski definition) is 1. The molecule has 1 aromatic rings. The molecule has 0 aliphatic carbocycles. The highest BCUT2D eigenvalue weighted by Crippen LogP contribution is 2.23. The van der Waals surface area contributed by atoms with Crippen LogP contribution in [0.1, 0.15) is 20.3 Å². The van der Waals surface area contributed by atoms with Crippen molar-refractivity contribution in [3.8, 4) is 0 Å². The van der Waals surface area contributed by atoms with Crippen LogP contribution in [-0.2, 0) is 4.79 Å². The Hall–Kier alpha value is -1.91. The lowest BCUT2D eigenvalue weighted by Crippen LogP contribution is -2.55. The Morgan fingerprint density at radius 3 is 2.53 bits per heavy atom. The largest absolute Gasteiger partial charge is 0.337 e. The smallest absolute Gasteiger partial charge is 0.328 e. The molecule has 1 aliphatic heterocycles. The van der Waals surface area contributed by atoms with Gasteiger partial charge in [0.1, 0.15) is 5.82 Å². The second-order valence-corrected chi connectivity index (χ2v) is 5.16. The topological polar surface area (TPSA) is 49.4 Å². The van der Waals surface area contributed by atoms with Crippen molar-refractivity contribution in [1.29, 1.82) is 0 Å². The number of nitrogens with one attached hydrogen (secondary N) is 1. The Bertz CT molecular complexity index is 485. The first-order valence-corrected chi connectivity index (χ1v) is 6.36. The first kappa shape index (κ1) is 13.5. The average Bonchev–Trinajstić information content (AvgIpc) is 2.35. The zero-order valence-electron chi connectivity index (χ0n) is 11.0. The molecule has 1 aromatic carbocycles. The van der Waals surface area contributed by atoms with Gasteiger partial charge >= 0.3 is 6.03 Å². The van der Waals surface area contributed by atoms with E-state index >= 15 is 0 Å². The molecule has 4 nitrogen and oxygen atoms in total. The number of carbonyl (C=O) groups is 2. The SMILES string of the molecule is CC(C)CC1CNC(=O)N(c2ccc(F)cc2)C1=O. The van der Waals surface area contributed by atoms with Crippen LogP contribution in [0, 0.1) is 17.7 Å². The van der Waals surface area contributed by atoms with Crippen molar-refractivity contribution in [2.45, 2.75) is 20.3 Å². The molecule has 1 saturated heterocycles. The standard InChI is InChI=1S/C14H17FN2O2/c1-9(2)7-10-8-16-14(19)17(13(10)18)12-5-3-11(15)4-6-12/h3-6,9-10H,7-8H2,1-2H3,(H,16,19). The van der Waals surface area contributed by atoms with Crippen molar-refractivity contribution in [2.24, 2.45) is 11.8 Å². The number of anilines is 1. The van der Waals surface area contributed by atoms with Crippen molar-refractivity contribution in [2.75, 3.05) is 11.4 Å². The highest BCUT2D eigenvalue weighted by atomic mass is 19.1. The molecule has 1 fully saturated rings. The van der Waals surface area contributed by atoms with E-state index in [0.717, 1.165) is 11.3 Å². The van der Waals surface area contributed by atoms with E-state index in [1.165, 1.54) is 24.3 Å². The molecule has 0 aromatic heterocycles. The predicted octanol–water partition coefficient (Wildman–Crippen LogP) is 2.54. The van der Waals surface area contributed by atoms with Crippen LogP contribution in [-0.4, -0.2) is 18.5 Å². The number of hydrogen-bond acceptors (Lipinski definition) is 2. The van der Waals surface area contributed by atoms with Gasteiger partial charge in [0.15, 0.2) is 0 Å². The molecule has 1 unspecified atom stereocenters. The van der Waals surface area contributed by atoms with Crippen LogP contribution in [0.25, 0.3) is 0 Å². The van der Waals surface area contributed by atoms with Gasteiger partial charge in [0.25, 0.3) is 0 Å².